The lowest BCUT2D eigenvalue weighted by molar-refractivity contribution is -0.136. The van der Waals surface area contributed by atoms with Crippen LogP contribution in [0.2, 0.25) is 0 Å². The summed E-state index contributed by atoms with van der Waals surface area (Å²) in [6.45, 7) is 3.21. The third kappa shape index (κ3) is 3.81. The second-order valence-corrected chi connectivity index (χ2v) is 9.08. The minimum Gasteiger partial charge on any atom is -0.341 e. The average molecular weight is 365 g/mol. The number of nitrogens with zero attached hydrogens (tertiary/aromatic N) is 3. The van der Waals surface area contributed by atoms with Gasteiger partial charge in [0.25, 0.3) is 0 Å². The van der Waals surface area contributed by atoms with Crippen LogP contribution in [0.15, 0.2) is 24.5 Å². The quantitative estimate of drug-likeness (QED) is 0.803. The minimum atomic E-state index is -3.51. The van der Waals surface area contributed by atoms with Gasteiger partial charge in [-0.3, -0.25) is 14.1 Å². The zero-order chi connectivity index (χ0) is 17.9. The van der Waals surface area contributed by atoms with E-state index in [1.165, 1.54) is 4.31 Å². The van der Waals surface area contributed by atoms with Gasteiger partial charge in [-0.2, -0.15) is 0 Å². The fourth-order valence-electron chi connectivity index (χ4n) is 4.01. The van der Waals surface area contributed by atoms with Gasteiger partial charge >= 0.3 is 0 Å². The summed E-state index contributed by atoms with van der Waals surface area (Å²) in [4.78, 5) is 18.4. The molecule has 1 aromatic rings. The van der Waals surface area contributed by atoms with Crippen LogP contribution in [0, 0.1) is 5.92 Å². The first kappa shape index (κ1) is 18.2. The van der Waals surface area contributed by atoms with Crippen molar-refractivity contribution in [2.75, 3.05) is 23.9 Å². The molecule has 1 amide bonds. The summed E-state index contributed by atoms with van der Waals surface area (Å²) in [5.74, 6) is 0.258. The summed E-state index contributed by atoms with van der Waals surface area (Å²) in [7, 11) is -3.51. The van der Waals surface area contributed by atoms with Crippen LogP contribution in [0.25, 0.3) is 0 Å². The van der Waals surface area contributed by atoms with Gasteiger partial charge in [0.05, 0.1) is 10.9 Å². The third-order valence-corrected chi connectivity index (χ3v) is 7.67. The Labute approximate surface area is 150 Å². The second-order valence-electron chi connectivity index (χ2n) is 6.94. The van der Waals surface area contributed by atoms with Gasteiger partial charge in [0.15, 0.2) is 0 Å². The SMILES string of the molecule is CCN(c1ccncc1)S(=O)(=O)[C@H]1CCCN(C(=O)C2CCCC2)C1. The molecule has 1 aliphatic carbocycles. The summed E-state index contributed by atoms with van der Waals surface area (Å²) in [5.41, 5.74) is 0.636. The molecule has 2 heterocycles. The van der Waals surface area contributed by atoms with Crippen LogP contribution in [0.1, 0.15) is 45.4 Å². The van der Waals surface area contributed by atoms with Crippen LogP contribution in [-0.2, 0) is 14.8 Å². The van der Waals surface area contributed by atoms with Crippen molar-refractivity contribution in [2.45, 2.75) is 50.7 Å². The van der Waals surface area contributed by atoms with Crippen molar-refractivity contribution in [1.82, 2.24) is 9.88 Å². The van der Waals surface area contributed by atoms with Gasteiger partial charge in [0.1, 0.15) is 0 Å². The summed E-state index contributed by atoms with van der Waals surface area (Å²) in [6, 6.07) is 3.43. The van der Waals surface area contributed by atoms with Crippen LogP contribution in [0.4, 0.5) is 5.69 Å². The number of amides is 1. The number of anilines is 1. The molecule has 0 N–H and O–H groups in total. The molecule has 7 heteroatoms. The van der Waals surface area contributed by atoms with E-state index in [4.69, 9.17) is 0 Å². The molecule has 0 radical (unpaired) electrons. The predicted molar refractivity (Wildman–Crippen MR) is 97.7 cm³/mol. The molecule has 6 nitrogen and oxygen atoms in total. The monoisotopic (exact) mass is 365 g/mol. The highest BCUT2D eigenvalue weighted by molar-refractivity contribution is 7.93. The van der Waals surface area contributed by atoms with E-state index >= 15 is 0 Å². The maximum absolute atomic E-state index is 13.2. The van der Waals surface area contributed by atoms with Crippen molar-refractivity contribution in [2.24, 2.45) is 5.92 Å². The van der Waals surface area contributed by atoms with E-state index in [2.05, 4.69) is 4.98 Å². The lowest BCUT2D eigenvalue weighted by atomic mass is 10.0. The maximum atomic E-state index is 13.2. The topological polar surface area (TPSA) is 70.6 Å². The average Bonchev–Trinajstić information content (AvgIpc) is 3.17. The third-order valence-electron chi connectivity index (χ3n) is 5.36. The van der Waals surface area contributed by atoms with E-state index in [1.807, 2.05) is 6.92 Å². The Kier molecular flexibility index (Phi) is 5.61. The second kappa shape index (κ2) is 7.72. The van der Waals surface area contributed by atoms with E-state index in [0.717, 1.165) is 32.1 Å². The van der Waals surface area contributed by atoms with E-state index in [-0.39, 0.29) is 11.8 Å². The molecular formula is C18H27N3O3S. The largest absolute Gasteiger partial charge is 0.341 e. The highest BCUT2D eigenvalue weighted by Gasteiger charge is 2.38. The first-order chi connectivity index (χ1) is 12.0. The molecule has 1 aliphatic heterocycles. The van der Waals surface area contributed by atoms with Crippen LogP contribution in [-0.4, -0.2) is 49.1 Å². The highest BCUT2D eigenvalue weighted by atomic mass is 32.2. The van der Waals surface area contributed by atoms with Crippen LogP contribution >= 0.6 is 0 Å². The number of carbonyl (C=O) groups excluding carboxylic acids is 1. The fourth-order valence-corrected chi connectivity index (χ4v) is 5.98. The molecule has 1 aromatic heterocycles. The minimum absolute atomic E-state index is 0.101. The molecule has 2 fully saturated rings. The van der Waals surface area contributed by atoms with E-state index < -0.39 is 15.3 Å². The van der Waals surface area contributed by atoms with Gasteiger partial charge in [-0.25, -0.2) is 8.42 Å². The summed E-state index contributed by atoms with van der Waals surface area (Å²) in [6.07, 6.45) is 8.67. The zero-order valence-corrected chi connectivity index (χ0v) is 15.6. The lowest BCUT2D eigenvalue weighted by Crippen LogP contribution is -2.50. The Bertz CT molecular complexity index is 687. The summed E-state index contributed by atoms with van der Waals surface area (Å²) >= 11 is 0. The van der Waals surface area contributed by atoms with Crippen LogP contribution in [0.5, 0.6) is 0 Å². The van der Waals surface area contributed by atoms with E-state index in [9.17, 15) is 13.2 Å². The highest BCUT2D eigenvalue weighted by Crippen LogP contribution is 2.30. The molecule has 2 aliphatic rings. The fraction of sp³-hybridized carbons (Fsp3) is 0.667. The standard InChI is InChI=1S/C18H27N3O3S/c1-2-21(16-9-11-19-12-10-16)25(23,24)17-8-5-13-20(14-17)18(22)15-6-3-4-7-15/h9-12,15,17H,2-8,13-14H2,1H3/t17-/m0/s1. The van der Waals surface area contributed by atoms with Gasteiger partial charge in [-0.1, -0.05) is 12.8 Å². The smallest absolute Gasteiger partial charge is 0.239 e. The van der Waals surface area contributed by atoms with Crippen molar-refractivity contribution in [3.05, 3.63) is 24.5 Å². The maximum Gasteiger partial charge on any atom is 0.239 e. The van der Waals surface area contributed by atoms with E-state index in [0.29, 0.717) is 31.7 Å². The number of rotatable bonds is 5. The summed E-state index contributed by atoms with van der Waals surface area (Å²) in [5, 5.41) is -0.528. The van der Waals surface area contributed by atoms with Crippen molar-refractivity contribution in [1.29, 1.82) is 0 Å². The molecule has 1 saturated carbocycles. The Hall–Kier alpha value is -1.63. The Balaban J connectivity index is 1.76. The van der Waals surface area contributed by atoms with Gasteiger partial charge in [0.2, 0.25) is 15.9 Å². The Morgan fingerprint density at radius 1 is 1.20 bits per heavy atom. The van der Waals surface area contributed by atoms with Crippen molar-refractivity contribution >= 4 is 21.6 Å². The zero-order valence-electron chi connectivity index (χ0n) is 14.8. The lowest BCUT2D eigenvalue weighted by Gasteiger charge is -2.36. The number of piperidine rings is 1. The van der Waals surface area contributed by atoms with Crippen LogP contribution < -0.4 is 4.31 Å². The number of likely N-dealkylation sites (tertiary alicyclic amines) is 1. The van der Waals surface area contributed by atoms with Gasteiger partial charge in [-0.15, -0.1) is 0 Å². The number of aromatic nitrogens is 1. The Morgan fingerprint density at radius 3 is 2.52 bits per heavy atom. The molecular weight excluding hydrogens is 338 g/mol. The molecule has 0 unspecified atom stereocenters. The molecule has 1 saturated heterocycles. The number of sulfonamides is 1. The predicted octanol–water partition coefficient (Wildman–Crippen LogP) is 2.42. The molecule has 0 spiro atoms. The molecule has 138 valence electrons. The summed E-state index contributed by atoms with van der Waals surface area (Å²) < 4.78 is 27.8. The van der Waals surface area contributed by atoms with Gasteiger partial charge < -0.3 is 4.90 Å². The molecule has 25 heavy (non-hydrogen) atoms. The molecule has 1 atom stereocenters. The Morgan fingerprint density at radius 2 is 1.88 bits per heavy atom. The molecule has 0 bridgehead atoms. The number of hydrogen-bond acceptors (Lipinski definition) is 4. The van der Waals surface area contributed by atoms with Crippen molar-refractivity contribution in [3.63, 3.8) is 0 Å². The van der Waals surface area contributed by atoms with Crippen molar-refractivity contribution < 1.29 is 13.2 Å². The normalized spacial score (nSPS) is 22.1. The van der Waals surface area contributed by atoms with Gasteiger partial charge in [0, 0.05) is 37.9 Å². The number of carbonyl (C=O) groups is 1. The first-order valence-electron chi connectivity index (χ1n) is 9.24. The van der Waals surface area contributed by atoms with E-state index in [1.54, 1.807) is 29.4 Å². The first-order valence-corrected chi connectivity index (χ1v) is 10.7. The van der Waals surface area contributed by atoms with Crippen LogP contribution in [0.3, 0.4) is 0 Å². The number of hydrogen-bond donors (Lipinski definition) is 0. The number of pyridine rings is 1. The molecule has 3 rings (SSSR count). The van der Waals surface area contributed by atoms with Gasteiger partial charge in [-0.05, 0) is 44.7 Å². The molecule has 0 aromatic carbocycles. The van der Waals surface area contributed by atoms with Crippen molar-refractivity contribution in [3.8, 4) is 0 Å².